The van der Waals surface area contributed by atoms with Gasteiger partial charge in [-0.3, -0.25) is 9.78 Å². The zero-order valence-corrected chi connectivity index (χ0v) is 10.6. The molecule has 6 heteroatoms. The molecule has 0 unspecified atom stereocenters. The second kappa shape index (κ2) is 5.50. The number of nitrogens with one attached hydrogen (secondary N) is 1. The van der Waals surface area contributed by atoms with Gasteiger partial charge in [0.2, 0.25) is 6.41 Å². The summed E-state index contributed by atoms with van der Waals surface area (Å²) in [6.07, 6.45) is 4.08. The van der Waals surface area contributed by atoms with Crippen LogP contribution < -0.4 is 11.1 Å². The quantitative estimate of drug-likeness (QED) is 0.503. The lowest BCUT2D eigenvalue weighted by Crippen LogP contribution is -2.04. The number of carbonyl (C=O) groups excluding carboxylic acids is 1. The molecule has 0 aliphatic rings. The van der Waals surface area contributed by atoms with Crippen LogP contribution in [0.5, 0.6) is 0 Å². The van der Waals surface area contributed by atoms with Gasteiger partial charge in [-0.05, 0) is 24.5 Å². The van der Waals surface area contributed by atoms with E-state index in [1.807, 2.05) is 30.5 Å². The number of nitrogens with two attached hydrogens (primary N) is 1. The Morgan fingerprint density at radius 1 is 1.56 bits per heavy atom. The largest absolute Gasteiger partial charge is 0.378 e. The maximum atomic E-state index is 10.4. The summed E-state index contributed by atoms with van der Waals surface area (Å²) < 4.78 is 0. The highest BCUT2D eigenvalue weighted by atomic mass is 32.2. The summed E-state index contributed by atoms with van der Waals surface area (Å²) in [5.41, 5.74) is 7.89. The van der Waals surface area contributed by atoms with E-state index in [0.29, 0.717) is 17.3 Å². The molecule has 0 aliphatic carbocycles. The van der Waals surface area contributed by atoms with E-state index in [4.69, 9.17) is 5.73 Å². The number of pyridine rings is 1. The molecule has 0 bridgehead atoms. The summed E-state index contributed by atoms with van der Waals surface area (Å²) in [7, 11) is 0. The number of hydrogen-bond donors (Lipinski definition) is 2. The Morgan fingerprint density at radius 3 is 3.11 bits per heavy atom. The summed E-state index contributed by atoms with van der Waals surface area (Å²) in [6.45, 7) is 0. The van der Waals surface area contributed by atoms with Gasteiger partial charge in [0.05, 0.1) is 23.1 Å². The molecule has 5 nitrogen and oxygen atoms in total. The van der Waals surface area contributed by atoms with Crippen LogP contribution in [0.25, 0.3) is 10.9 Å². The number of nitrogens with zero attached hydrogens (tertiary/aromatic N) is 2. The van der Waals surface area contributed by atoms with Gasteiger partial charge in [-0.25, -0.2) is 4.99 Å². The Hall–Kier alpha value is -2.08. The second-order valence-electron chi connectivity index (χ2n) is 3.48. The zero-order chi connectivity index (χ0) is 13.0. The van der Waals surface area contributed by atoms with Crippen molar-refractivity contribution in [1.29, 1.82) is 0 Å². The standard InChI is InChI=1S/C12H12N4OS/c1-18-12(13)16-11-4-2-3-10-9(11)5-8(6-14-10)15-7-17/h2-7H,1H3,(H2,13,16)(H,15,17). The van der Waals surface area contributed by atoms with E-state index in [1.165, 1.54) is 11.8 Å². The number of benzene rings is 1. The van der Waals surface area contributed by atoms with E-state index in [9.17, 15) is 4.79 Å². The monoisotopic (exact) mass is 260 g/mol. The smallest absolute Gasteiger partial charge is 0.211 e. The lowest BCUT2D eigenvalue weighted by molar-refractivity contribution is -0.105. The average Bonchev–Trinajstić information content (AvgIpc) is 2.39. The molecule has 0 radical (unpaired) electrons. The van der Waals surface area contributed by atoms with E-state index < -0.39 is 0 Å². The molecule has 1 aromatic carbocycles. The summed E-state index contributed by atoms with van der Waals surface area (Å²) in [5.74, 6) is 0. The van der Waals surface area contributed by atoms with E-state index in [-0.39, 0.29) is 0 Å². The van der Waals surface area contributed by atoms with E-state index in [0.717, 1.165) is 16.6 Å². The first-order valence-corrected chi connectivity index (χ1v) is 6.44. The van der Waals surface area contributed by atoms with Gasteiger partial charge >= 0.3 is 0 Å². The molecular formula is C12H12N4OS. The number of anilines is 1. The highest BCUT2D eigenvalue weighted by molar-refractivity contribution is 8.13. The van der Waals surface area contributed by atoms with Crippen molar-refractivity contribution in [1.82, 2.24) is 4.98 Å². The molecule has 0 atom stereocenters. The minimum atomic E-state index is 0.483. The molecule has 2 rings (SSSR count). The molecule has 1 aromatic heterocycles. The van der Waals surface area contributed by atoms with Crippen molar-refractivity contribution in [3.8, 4) is 0 Å². The van der Waals surface area contributed by atoms with Gasteiger partial charge in [0, 0.05) is 5.39 Å². The predicted molar refractivity (Wildman–Crippen MR) is 76.2 cm³/mol. The molecule has 3 N–H and O–H groups in total. The van der Waals surface area contributed by atoms with Crippen molar-refractivity contribution in [2.45, 2.75) is 0 Å². The van der Waals surface area contributed by atoms with Gasteiger partial charge < -0.3 is 11.1 Å². The number of rotatable bonds is 3. The number of amidine groups is 1. The van der Waals surface area contributed by atoms with Crippen molar-refractivity contribution in [2.24, 2.45) is 10.7 Å². The summed E-state index contributed by atoms with van der Waals surface area (Å²) >= 11 is 1.38. The molecule has 18 heavy (non-hydrogen) atoms. The zero-order valence-electron chi connectivity index (χ0n) is 9.75. The Balaban J connectivity index is 2.58. The van der Waals surface area contributed by atoms with Crippen LogP contribution in [0.2, 0.25) is 0 Å². The van der Waals surface area contributed by atoms with Gasteiger partial charge in [-0.1, -0.05) is 17.8 Å². The van der Waals surface area contributed by atoms with Crippen LogP contribution in [0.1, 0.15) is 0 Å². The van der Waals surface area contributed by atoms with Crippen LogP contribution in [0.15, 0.2) is 35.5 Å². The number of aromatic nitrogens is 1. The molecule has 0 saturated carbocycles. The van der Waals surface area contributed by atoms with E-state index >= 15 is 0 Å². The number of thioether (sulfide) groups is 1. The third-order valence-corrected chi connectivity index (χ3v) is 2.88. The average molecular weight is 260 g/mol. The van der Waals surface area contributed by atoms with Gasteiger partial charge in [-0.15, -0.1) is 0 Å². The first-order chi connectivity index (χ1) is 8.74. The number of fused-ring (bicyclic) bond motifs is 1. The molecule has 2 aromatic rings. The number of carbonyl (C=O) groups is 1. The molecule has 0 saturated heterocycles. The van der Waals surface area contributed by atoms with Crippen LogP contribution in [0.4, 0.5) is 11.4 Å². The van der Waals surface area contributed by atoms with Crippen molar-refractivity contribution in [3.05, 3.63) is 30.5 Å². The molecule has 1 amide bonds. The van der Waals surface area contributed by atoms with Crippen molar-refractivity contribution >= 4 is 45.6 Å². The lowest BCUT2D eigenvalue weighted by atomic mass is 10.2. The minimum Gasteiger partial charge on any atom is -0.378 e. The number of hydrogen-bond acceptors (Lipinski definition) is 4. The normalized spacial score (nSPS) is 11.5. The van der Waals surface area contributed by atoms with Crippen LogP contribution >= 0.6 is 11.8 Å². The third-order valence-electron chi connectivity index (χ3n) is 2.37. The Morgan fingerprint density at radius 2 is 2.39 bits per heavy atom. The van der Waals surface area contributed by atoms with Crippen molar-refractivity contribution in [3.63, 3.8) is 0 Å². The van der Waals surface area contributed by atoms with E-state index in [2.05, 4.69) is 15.3 Å². The molecule has 0 aliphatic heterocycles. The van der Waals surface area contributed by atoms with Crippen LogP contribution in [0, 0.1) is 0 Å². The fraction of sp³-hybridized carbons (Fsp3) is 0.0833. The second-order valence-corrected chi connectivity index (χ2v) is 4.31. The summed E-state index contributed by atoms with van der Waals surface area (Å²) in [6, 6.07) is 7.43. The number of amides is 1. The number of aliphatic imine (C=N–C) groups is 1. The topological polar surface area (TPSA) is 80.4 Å². The fourth-order valence-corrected chi connectivity index (χ4v) is 1.73. The van der Waals surface area contributed by atoms with Crippen molar-refractivity contribution in [2.75, 3.05) is 11.6 Å². The summed E-state index contributed by atoms with van der Waals surface area (Å²) in [5, 5.41) is 3.90. The highest BCUT2D eigenvalue weighted by Crippen LogP contribution is 2.27. The molecule has 1 heterocycles. The van der Waals surface area contributed by atoms with Gasteiger partial charge in [0.25, 0.3) is 0 Å². The Labute approximate surface area is 108 Å². The third kappa shape index (κ3) is 2.60. The molecule has 0 fully saturated rings. The van der Waals surface area contributed by atoms with E-state index in [1.54, 1.807) is 6.20 Å². The fourth-order valence-electron chi connectivity index (χ4n) is 1.54. The highest BCUT2D eigenvalue weighted by Gasteiger charge is 2.03. The van der Waals surface area contributed by atoms with Crippen LogP contribution in [0.3, 0.4) is 0 Å². The summed E-state index contributed by atoms with van der Waals surface area (Å²) in [4.78, 5) is 19.0. The maximum Gasteiger partial charge on any atom is 0.211 e. The Bertz CT molecular complexity index is 612. The minimum absolute atomic E-state index is 0.483. The maximum absolute atomic E-state index is 10.4. The Kier molecular flexibility index (Phi) is 3.78. The molecular weight excluding hydrogens is 248 g/mol. The molecule has 92 valence electrons. The SMILES string of the molecule is CSC(N)=Nc1cccc2ncc(NC=O)cc12. The first kappa shape index (κ1) is 12.4. The lowest BCUT2D eigenvalue weighted by Gasteiger charge is -2.04. The van der Waals surface area contributed by atoms with Crippen molar-refractivity contribution < 1.29 is 4.79 Å². The predicted octanol–water partition coefficient (Wildman–Crippen LogP) is 2.11. The molecule has 0 spiro atoms. The first-order valence-electron chi connectivity index (χ1n) is 5.21. The van der Waals surface area contributed by atoms with Crippen LogP contribution in [-0.4, -0.2) is 22.8 Å². The van der Waals surface area contributed by atoms with Crippen LogP contribution in [-0.2, 0) is 4.79 Å². The van der Waals surface area contributed by atoms with Gasteiger partial charge in [-0.2, -0.15) is 0 Å². The van der Waals surface area contributed by atoms with Gasteiger partial charge in [0.1, 0.15) is 0 Å². The van der Waals surface area contributed by atoms with Gasteiger partial charge in [0.15, 0.2) is 5.17 Å².